The molecule has 2 aliphatic rings. The number of carbonyl (C=O) groups is 1. The maximum Gasteiger partial charge on any atom is 0.417 e. The third kappa shape index (κ3) is 3.62. The summed E-state index contributed by atoms with van der Waals surface area (Å²) >= 11 is 0. The Morgan fingerprint density at radius 3 is 2.38 bits per heavy atom. The van der Waals surface area contributed by atoms with Crippen molar-refractivity contribution in [3.8, 4) is 0 Å². The van der Waals surface area contributed by atoms with Crippen molar-refractivity contribution in [2.24, 2.45) is 5.92 Å². The number of alkyl halides is 3. The fourth-order valence-electron chi connectivity index (χ4n) is 3.04. The van der Waals surface area contributed by atoms with Gasteiger partial charge in [0.25, 0.3) is 0 Å². The Balaban J connectivity index is 1.57. The smallest absolute Gasteiger partial charge is 0.354 e. The van der Waals surface area contributed by atoms with Gasteiger partial charge in [-0.2, -0.15) is 13.2 Å². The van der Waals surface area contributed by atoms with E-state index in [2.05, 4.69) is 10.3 Å². The van der Waals surface area contributed by atoms with Crippen molar-refractivity contribution in [2.45, 2.75) is 44.3 Å². The number of anilines is 1. The van der Waals surface area contributed by atoms with Gasteiger partial charge in [-0.1, -0.05) is 6.42 Å². The Hall–Kier alpha value is -1.86. The van der Waals surface area contributed by atoms with Gasteiger partial charge in [-0.15, -0.1) is 0 Å². The van der Waals surface area contributed by atoms with Crippen LogP contribution in [0.2, 0.25) is 0 Å². The molecule has 1 saturated carbocycles. The van der Waals surface area contributed by atoms with Crippen molar-refractivity contribution in [1.82, 2.24) is 10.3 Å². The topological polar surface area (TPSA) is 45.2 Å². The van der Waals surface area contributed by atoms with Gasteiger partial charge in [0.1, 0.15) is 0 Å². The third-order valence-electron chi connectivity index (χ3n) is 4.77. The lowest BCUT2D eigenvalue weighted by atomic mass is 9.84. The van der Waals surface area contributed by atoms with E-state index in [0.717, 1.165) is 19.3 Å². The van der Waals surface area contributed by atoms with Gasteiger partial charge >= 0.3 is 6.18 Å². The normalized spacial score (nSPS) is 19.9. The van der Waals surface area contributed by atoms with Crippen LogP contribution in [0.4, 0.5) is 23.4 Å². The second kappa shape index (κ2) is 6.57. The van der Waals surface area contributed by atoms with Gasteiger partial charge < -0.3 is 10.2 Å². The summed E-state index contributed by atoms with van der Waals surface area (Å²) in [5.41, 5.74) is -1.09. The highest BCUT2D eigenvalue weighted by atomic mass is 19.4. The van der Waals surface area contributed by atoms with Crippen LogP contribution in [-0.2, 0) is 11.0 Å². The fourth-order valence-corrected chi connectivity index (χ4v) is 3.04. The van der Waals surface area contributed by atoms with Crippen molar-refractivity contribution in [3.05, 3.63) is 23.6 Å². The molecule has 1 aliphatic heterocycles. The number of carbonyl (C=O) groups excluding carboxylic acids is 1. The standard InChI is InChI=1S/C16H19F4N3O/c17-13-8-11(16(18,19)20)9-21-14(13)23-6-4-12(5-7-23)22-15(24)10-2-1-3-10/h8-10,12H,1-7H2,(H,22,24). The average molecular weight is 345 g/mol. The molecule has 1 saturated heterocycles. The van der Waals surface area contributed by atoms with E-state index >= 15 is 0 Å². The van der Waals surface area contributed by atoms with Gasteiger partial charge in [0, 0.05) is 31.2 Å². The molecule has 4 nitrogen and oxygen atoms in total. The molecule has 0 spiro atoms. The SMILES string of the molecule is O=C(NC1CCN(c2ncc(C(F)(F)F)cc2F)CC1)C1CCC1. The molecule has 0 bridgehead atoms. The molecule has 0 unspecified atom stereocenters. The van der Waals surface area contributed by atoms with Gasteiger partial charge in [0.05, 0.1) is 5.56 Å². The Morgan fingerprint density at radius 2 is 1.88 bits per heavy atom. The van der Waals surface area contributed by atoms with Gasteiger partial charge in [0.15, 0.2) is 11.6 Å². The van der Waals surface area contributed by atoms with Crippen LogP contribution in [0.5, 0.6) is 0 Å². The second-order valence-electron chi connectivity index (χ2n) is 6.42. The zero-order chi connectivity index (χ0) is 17.3. The minimum Gasteiger partial charge on any atom is -0.354 e. The van der Waals surface area contributed by atoms with Gasteiger partial charge in [0.2, 0.25) is 5.91 Å². The number of hydrogen-bond donors (Lipinski definition) is 1. The van der Waals surface area contributed by atoms with Crippen LogP contribution in [0.3, 0.4) is 0 Å². The lowest BCUT2D eigenvalue weighted by molar-refractivity contribution is -0.138. The lowest BCUT2D eigenvalue weighted by Gasteiger charge is -2.35. The molecule has 2 heterocycles. The summed E-state index contributed by atoms with van der Waals surface area (Å²) in [6, 6.07) is 0.513. The molecule has 24 heavy (non-hydrogen) atoms. The summed E-state index contributed by atoms with van der Waals surface area (Å²) in [5.74, 6) is -0.830. The summed E-state index contributed by atoms with van der Waals surface area (Å²) < 4.78 is 51.6. The molecule has 0 radical (unpaired) electrons. The molecule has 0 aromatic carbocycles. The number of rotatable bonds is 3. The van der Waals surface area contributed by atoms with Crippen LogP contribution in [0.15, 0.2) is 12.3 Å². The van der Waals surface area contributed by atoms with E-state index in [-0.39, 0.29) is 23.7 Å². The Bertz CT molecular complexity index is 608. The molecular formula is C16H19F4N3O. The average Bonchev–Trinajstić information content (AvgIpc) is 2.45. The van der Waals surface area contributed by atoms with Crippen LogP contribution < -0.4 is 10.2 Å². The summed E-state index contributed by atoms with van der Waals surface area (Å²) in [6.45, 7) is 0.899. The summed E-state index contributed by atoms with van der Waals surface area (Å²) in [7, 11) is 0. The number of halogens is 4. The molecule has 8 heteroatoms. The van der Waals surface area contributed by atoms with Crippen molar-refractivity contribution >= 4 is 11.7 Å². The fraction of sp³-hybridized carbons (Fsp3) is 0.625. The summed E-state index contributed by atoms with van der Waals surface area (Å²) in [5, 5.41) is 3.01. The number of amides is 1. The first-order valence-corrected chi connectivity index (χ1v) is 8.12. The number of aromatic nitrogens is 1. The Kier molecular flexibility index (Phi) is 4.64. The predicted molar refractivity (Wildman–Crippen MR) is 79.9 cm³/mol. The number of hydrogen-bond acceptors (Lipinski definition) is 3. The van der Waals surface area contributed by atoms with Crippen LogP contribution in [0.25, 0.3) is 0 Å². The van der Waals surface area contributed by atoms with E-state index < -0.39 is 17.6 Å². The predicted octanol–water partition coefficient (Wildman–Crippen LogP) is 3.12. The van der Waals surface area contributed by atoms with E-state index in [1.165, 1.54) is 0 Å². The van der Waals surface area contributed by atoms with Crippen molar-refractivity contribution in [3.63, 3.8) is 0 Å². The Morgan fingerprint density at radius 1 is 1.21 bits per heavy atom. The molecule has 1 aromatic rings. The zero-order valence-electron chi connectivity index (χ0n) is 13.1. The summed E-state index contributed by atoms with van der Waals surface area (Å²) in [6.07, 6.45) is 0.265. The molecular weight excluding hydrogens is 326 g/mol. The summed E-state index contributed by atoms with van der Waals surface area (Å²) in [4.78, 5) is 17.2. The molecule has 1 amide bonds. The molecule has 2 fully saturated rings. The minimum absolute atomic E-state index is 0.0341. The van der Waals surface area contributed by atoms with Crippen LogP contribution in [-0.4, -0.2) is 30.0 Å². The minimum atomic E-state index is -4.61. The molecule has 132 valence electrons. The first-order valence-electron chi connectivity index (χ1n) is 8.12. The van der Waals surface area contributed by atoms with E-state index in [4.69, 9.17) is 0 Å². The number of nitrogens with one attached hydrogen (secondary N) is 1. The quantitative estimate of drug-likeness (QED) is 0.856. The van der Waals surface area contributed by atoms with Crippen molar-refractivity contribution in [2.75, 3.05) is 18.0 Å². The first-order chi connectivity index (χ1) is 11.3. The van der Waals surface area contributed by atoms with Crippen LogP contribution in [0.1, 0.15) is 37.7 Å². The third-order valence-corrected chi connectivity index (χ3v) is 4.77. The Labute approximate surface area is 137 Å². The molecule has 1 aromatic heterocycles. The van der Waals surface area contributed by atoms with Gasteiger partial charge in [-0.05, 0) is 31.7 Å². The largest absolute Gasteiger partial charge is 0.417 e. The lowest BCUT2D eigenvalue weighted by Crippen LogP contribution is -2.47. The number of pyridine rings is 1. The molecule has 1 aliphatic carbocycles. The molecule has 3 rings (SSSR count). The van der Waals surface area contributed by atoms with E-state index in [0.29, 0.717) is 38.2 Å². The molecule has 0 atom stereocenters. The number of piperidine rings is 1. The zero-order valence-corrected chi connectivity index (χ0v) is 13.1. The maximum absolute atomic E-state index is 14.0. The van der Waals surface area contributed by atoms with Crippen molar-refractivity contribution in [1.29, 1.82) is 0 Å². The second-order valence-corrected chi connectivity index (χ2v) is 6.42. The highest BCUT2D eigenvalue weighted by molar-refractivity contribution is 5.79. The van der Waals surface area contributed by atoms with Crippen LogP contribution >= 0.6 is 0 Å². The van der Waals surface area contributed by atoms with Gasteiger partial charge in [-0.3, -0.25) is 4.79 Å². The van der Waals surface area contributed by atoms with Gasteiger partial charge in [-0.25, -0.2) is 9.37 Å². The van der Waals surface area contributed by atoms with Crippen LogP contribution in [0, 0.1) is 11.7 Å². The van der Waals surface area contributed by atoms with Crippen molar-refractivity contribution < 1.29 is 22.4 Å². The van der Waals surface area contributed by atoms with E-state index in [9.17, 15) is 22.4 Å². The molecule has 1 N–H and O–H groups in total. The van der Waals surface area contributed by atoms with E-state index in [1.807, 2.05) is 0 Å². The highest BCUT2D eigenvalue weighted by Gasteiger charge is 2.33. The first kappa shape index (κ1) is 17.0. The van der Waals surface area contributed by atoms with E-state index in [1.54, 1.807) is 4.90 Å². The number of nitrogens with zero attached hydrogens (tertiary/aromatic N) is 2. The monoisotopic (exact) mass is 345 g/mol. The maximum atomic E-state index is 14.0. The highest BCUT2D eigenvalue weighted by Crippen LogP contribution is 2.31.